The van der Waals surface area contributed by atoms with Gasteiger partial charge in [-0.1, -0.05) is 18.2 Å². The third-order valence-corrected chi connectivity index (χ3v) is 2.13. The Bertz CT molecular complexity index is 497. The van der Waals surface area contributed by atoms with Gasteiger partial charge >= 0.3 is 6.03 Å². The van der Waals surface area contributed by atoms with E-state index in [9.17, 15) is 9.18 Å². The Labute approximate surface area is 98.3 Å². The van der Waals surface area contributed by atoms with Crippen molar-refractivity contribution in [3.05, 3.63) is 60.4 Å². The van der Waals surface area contributed by atoms with Gasteiger partial charge in [0.1, 0.15) is 5.82 Å². The fourth-order valence-electron chi connectivity index (χ4n) is 1.35. The van der Waals surface area contributed by atoms with Crippen LogP contribution in [-0.2, 0) is 0 Å². The van der Waals surface area contributed by atoms with E-state index in [-0.39, 0.29) is 11.8 Å². The summed E-state index contributed by atoms with van der Waals surface area (Å²) in [5.74, 6) is -0.334. The Morgan fingerprint density at radius 1 is 0.824 bits per heavy atom. The molecule has 0 bridgehead atoms. The highest BCUT2D eigenvalue weighted by Crippen LogP contribution is 2.10. The minimum Gasteiger partial charge on any atom is -0.308 e. The zero-order valence-corrected chi connectivity index (χ0v) is 8.98. The van der Waals surface area contributed by atoms with Crippen LogP contribution < -0.4 is 10.6 Å². The fourth-order valence-corrected chi connectivity index (χ4v) is 1.35. The number of anilines is 2. The van der Waals surface area contributed by atoms with Crippen LogP contribution in [0.4, 0.5) is 20.6 Å². The van der Waals surface area contributed by atoms with Gasteiger partial charge in [0.15, 0.2) is 0 Å². The summed E-state index contributed by atoms with van der Waals surface area (Å²) in [6.07, 6.45) is 0. The first-order valence-corrected chi connectivity index (χ1v) is 5.13. The average Bonchev–Trinajstić information content (AvgIpc) is 2.33. The fraction of sp³-hybridized carbons (Fsp3) is 0. The molecule has 2 N–H and O–H groups in total. The highest BCUT2D eigenvalue weighted by Gasteiger charge is 2.01. The van der Waals surface area contributed by atoms with E-state index >= 15 is 0 Å². The van der Waals surface area contributed by atoms with Crippen LogP contribution in [0.15, 0.2) is 54.6 Å². The summed E-state index contributed by atoms with van der Waals surface area (Å²) in [5.41, 5.74) is 1.24. The van der Waals surface area contributed by atoms with Crippen LogP contribution in [-0.4, -0.2) is 6.03 Å². The SMILES string of the molecule is O=C(Nc1ccccc1)Nc1ccc([18F])cc1. The number of hydrogen-bond acceptors (Lipinski definition) is 1. The second-order valence-electron chi connectivity index (χ2n) is 3.45. The largest absolute Gasteiger partial charge is 0.323 e. The van der Waals surface area contributed by atoms with E-state index in [4.69, 9.17) is 0 Å². The number of benzene rings is 2. The number of nitrogens with one attached hydrogen (secondary N) is 2. The third-order valence-electron chi connectivity index (χ3n) is 2.13. The Balaban J connectivity index is 1.96. The van der Waals surface area contributed by atoms with Crippen molar-refractivity contribution in [3.63, 3.8) is 0 Å². The lowest BCUT2D eigenvalue weighted by atomic mass is 10.3. The molecular weight excluding hydrogens is 218 g/mol. The number of carbonyl (C=O) groups is 1. The first-order chi connectivity index (χ1) is 8.24. The molecule has 86 valence electrons. The molecule has 0 saturated heterocycles. The minimum absolute atomic E-state index is 0.334. The predicted molar refractivity (Wildman–Crippen MR) is 65.5 cm³/mol. The molecule has 17 heavy (non-hydrogen) atoms. The van der Waals surface area contributed by atoms with Crippen molar-refractivity contribution in [1.82, 2.24) is 0 Å². The van der Waals surface area contributed by atoms with Gasteiger partial charge in [0.05, 0.1) is 0 Å². The Morgan fingerprint density at radius 2 is 1.35 bits per heavy atom. The molecular formula is C13H11FN2O. The Morgan fingerprint density at radius 3 is 1.94 bits per heavy atom. The number of para-hydroxylation sites is 1. The number of rotatable bonds is 2. The molecule has 0 aliphatic carbocycles. The zero-order valence-electron chi connectivity index (χ0n) is 8.98. The summed E-state index contributed by atoms with van der Waals surface area (Å²) in [7, 11) is 0. The van der Waals surface area contributed by atoms with E-state index in [0.29, 0.717) is 11.4 Å². The summed E-state index contributed by atoms with van der Waals surface area (Å²) < 4.78 is 12.6. The van der Waals surface area contributed by atoms with Gasteiger partial charge in [-0.15, -0.1) is 0 Å². The Hall–Kier alpha value is -2.36. The molecule has 2 aromatic rings. The molecule has 2 rings (SSSR count). The second-order valence-corrected chi connectivity index (χ2v) is 3.45. The van der Waals surface area contributed by atoms with Crippen LogP contribution in [0.25, 0.3) is 0 Å². The van der Waals surface area contributed by atoms with Crippen molar-refractivity contribution in [3.8, 4) is 0 Å². The number of halogens is 1. The predicted octanol–water partition coefficient (Wildman–Crippen LogP) is 3.47. The molecule has 0 saturated carbocycles. The lowest BCUT2D eigenvalue weighted by Gasteiger charge is -2.07. The molecule has 0 aromatic heterocycles. The second kappa shape index (κ2) is 5.12. The van der Waals surface area contributed by atoms with Crippen molar-refractivity contribution in [2.24, 2.45) is 0 Å². The molecule has 2 aromatic carbocycles. The van der Waals surface area contributed by atoms with E-state index < -0.39 is 0 Å². The minimum atomic E-state index is -0.359. The normalized spacial score (nSPS) is 9.71. The Kier molecular flexibility index (Phi) is 3.35. The van der Waals surface area contributed by atoms with Gasteiger partial charge in [0, 0.05) is 11.4 Å². The van der Waals surface area contributed by atoms with Gasteiger partial charge in [-0.3, -0.25) is 0 Å². The van der Waals surface area contributed by atoms with E-state index in [0.717, 1.165) is 0 Å². The number of hydrogen-bond donors (Lipinski definition) is 2. The monoisotopic (exact) mass is 229 g/mol. The molecule has 0 atom stereocenters. The molecule has 0 aliphatic rings. The highest BCUT2D eigenvalue weighted by molar-refractivity contribution is 5.99. The van der Waals surface area contributed by atoms with Gasteiger partial charge in [0.25, 0.3) is 0 Å². The number of urea groups is 1. The molecule has 3 nitrogen and oxygen atoms in total. The standard InChI is InChI=1S/C13H11FN2O/c14-10-6-8-12(9-7-10)16-13(17)15-11-4-2-1-3-5-11/h1-9H,(H2,15,16,17)/i14-1. The molecule has 0 radical (unpaired) electrons. The maximum absolute atomic E-state index is 12.6. The van der Waals surface area contributed by atoms with E-state index in [2.05, 4.69) is 10.6 Å². The maximum Gasteiger partial charge on any atom is 0.323 e. The molecule has 0 heterocycles. The quantitative estimate of drug-likeness (QED) is 0.813. The van der Waals surface area contributed by atoms with Gasteiger partial charge < -0.3 is 10.6 Å². The average molecular weight is 229 g/mol. The topological polar surface area (TPSA) is 41.1 Å². The molecule has 0 unspecified atom stereocenters. The molecule has 0 fully saturated rings. The molecule has 0 spiro atoms. The van der Waals surface area contributed by atoms with Crippen LogP contribution >= 0.6 is 0 Å². The zero-order chi connectivity index (χ0) is 12.1. The van der Waals surface area contributed by atoms with Gasteiger partial charge in [0.2, 0.25) is 0 Å². The van der Waals surface area contributed by atoms with E-state index in [1.165, 1.54) is 24.3 Å². The summed E-state index contributed by atoms with van der Waals surface area (Å²) in [4.78, 5) is 11.6. The number of amides is 2. The molecule has 0 aliphatic heterocycles. The van der Waals surface area contributed by atoms with Crippen LogP contribution in [0.3, 0.4) is 0 Å². The van der Waals surface area contributed by atoms with Crippen molar-refractivity contribution >= 4 is 17.4 Å². The molecule has 2 amide bonds. The van der Waals surface area contributed by atoms with Gasteiger partial charge in [-0.25, -0.2) is 9.18 Å². The van der Waals surface area contributed by atoms with E-state index in [1.54, 1.807) is 12.1 Å². The van der Waals surface area contributed by atoms with Crippen LogP contribution in [0.1, 0.15) is 0 Å². The number of carbonyl (C=O) groups excluding carboxylic acids is 1. The first kappa shape index (κ1) is 11.1. The van der Waals surface area contributed by atoms with Crippen molar-refractivity contribution < 1.29 is 9.18 Å². The van der Waals surface area contributed by atoms with Crippen LogP contribution in [0.2, 0.25) is 0 Å². The summed E-state index contributed by atoms with van der Waals surface area (Å²) in [5, 5.41) is 5.26. The maximum atomic E-state index is 12.6. The summed E-state index contributed by atoms with van der Waals surface area (Å²) in [6.45, 7) is 0. The van der Waals surface area contributed by atoms with Gasteiger partial charge in [-0.05, 0) is 36.4 Å². The van der Waals surface area contributed by atoms with E-state index in [1.807, 2.05) is 18.2 Å². The summed E-state index contributed by atoms with van der Waals surface area (Å²) in [6, 6.07) is 14.3. The lowest BCUT2D eigenvalue weighted by Crippen LogP contribution is -2.19. The van der Waals surface area contributed by atoms with Crippen molar-refractivity contribution in [1.29, 1.82) is 0 Å². The first-order valence-electron chi connectivity index (χ1n) is 5.13. The molecule has 4 heteroatoms. The van der Waals surface area contributed by atoms with Crippen LogP contribution in [0.5, 0.6) is 0 Å². The lowest BCUT2D eigenvalue weighted by molar-refractivity contribution is 0.262. The smallest absolute Gasteiger partial charge is 0.308 e. The summed E-state index contributed by atoms with van der Waals surface area (Å²) >= 11 is 0. The van der Waals surface area contributed by atoms with Crippen molar-refractivity contribution in [2.45, 2.75) is 0 Å². The highest BCUT2D eigenvalue weighted by atomic mass is 18.2. The van der Waals surface area contributed by atoms with Gasteiger partial charge in [-0.2, -0.15) is 0 Å². The van der Waals surface area contributed by atoms with Crippen molar-refractivity contribution in [2.75, 3.05) is 10.6 Å². The van der Waals surface area contributed by atoms with Crippen LogP contribution in [0, 0.1) is 5.82 Å². The third kappa shape index (κ3) is 3.31.